The van der Waals surface area contributed by atoms with Gasteiger partial charge in [-0.25, -0.2) is 0 Å². The number of non-ortho nitro benzene ring substituents is 1. The number of aromatic nitrogens is 1. The summed E-state index contributed by atoms with van der Waals surface area (Å²) in [7, 11) is 0. The number of hydrogen-bond donors (Lipinski definition) is 0. The molecule has 0 saturated heterocycles. The molecule has 3 rings (SSSR count). The largest absolute Gasteiger partial charge is 0.304 e. The van der Waals surface area contributed by atoms with Crippen molar-refractivity contribution in [3.63, 3.8) is 0 Å². The average molecular weight is 357 g/mol. The summed E-state index contributed by atoms with van der Waals surface area (Å²) >= 11 is 2.78. The molecule has 0 aliphatic carbocycles. The Morgan fingerprint density at radius 2 is 2.25 bits per heavy atom. The lowest BCUT2D eigenvalue weighted by Crippen LogP contribution is -2.17. The maximum Gasteiger partial charge on any atom is 0.271 e. The number of rotatable bonds is 4. The summed E-state index contributed by atoms with van der Waals surface area (Å²) in [6.45, 7) is 0.187. The molecule has 3 aromatic rings. The Bertz CT molecular complexity index is 1020. The zero-order valence-electron chi connectivity index (χ0n) is 12.3. The molecule has 0 radical (unpaired) electrons. The molecule has 1 aromatic carbocycles. The van der Waals surface area contributed by atoms with Crippen LogP contribution in [0.3, 0.4) is 0 Å². The van der Waals surface area contributed by atoms with Gasteiger partial charge in [-0.05, 0) is 17.5 Å². The van der Waals surface area contributed by atoms with E-state index in [-0.39, 0.29) is 24.6 Å². The Morgan fingerprint density at radius 3 is 2.92 bits per heavy atom. The second kappa shape index (κ2) is 6.78. The Kier molecular flexibility index (Phi) is 4.55. The van der Waals surface area contributed by atoms with Crippen LogP contribution >= 0.6 is 22.7 Å². The first-order valence-electron chi connectivity index (χ1n) is 6.89. The molecule has 0 spiro atoms. The number of nitro groups is 1. The summed E-state index contributed by atoms with van der Waals surface area (Å²) in [6, 6.07) is 8.28. The fraction of sp³-hybridized carbons (Fsp3) is 0.125. The van der Waals surface area contributed by atoms with Gasteiger partial charge in [0.15, 0.2) is 4.80 Å². The Balaban J connectivity index is 2.08. The third-order valence-electron chi connectivity index (χ3n) is 3.25. The van der Waals surface area contributed by atoms with Crippen LogP contribution in [0.15, 0.2) is 40.7 Å². The number of hydrogen-bond acceptors (Lipinski definition) is 5. The topological polar surface area (TPSA) is 77.5 Å². The van der Waals surface area contributed by atoms with Gasteiger partial charge in [0.1, 0.15) is 0 Å². The molecule has 0 unspecified atom stereocenters. The van der Waals surface area contributed by atoms with Crippen LogP contribution in [0.25, 0.3) is 10.2 Å². The maximum absolute atomic E-state index is 12.2. The van der Waals surface area contributed by atoms with Crippen LogP contribution in [-0.2, 0) is 17.8 Å². The van der Waals surface area contributed by atoms with Crippen LogP contribution < -0.4 is 4.80 Å². The van der Waals surface area contributed by atoms with E-state index in [2.05, 4.69) is 10.9 Å². The van der Waals surface area contributed by atoms with Gasteiger partial charge in [0.25, 0.3) is 11.6 Å². The van der Waals surface area contributed by atoms with Crippen LogP contribution in [0.5, 0.6) is 0 Å². The van der Waals surface area contributed by atoms with Crippen molar-refractivity contribution in [1.82, 2.24) is 4.57 Å². The van der Waals surface area contributed by atoms with Crippen LogP contribution in [0.2, 0.25) is 0 Å². The summed E-state index contributed by atoms with van der Waals surface area (Å²) in [5, 5.41) is 12.9. The van der Waals surface area contributed by atoms with Crippen LogP contribution in [0, 0.1) is 22.5 Å². The molecular weight excluding hydrogens is 346 g/mol. The zero-order chi connectivity index (χ0) is 17.1. The minimum atomic E-state index is -0.462. The van der Waals surface area contributed by atoms with E-state index in [1.807, 2.05) is 17.5 Å². The Morgan fingerprint density at radius 1 is 1.42 bits per heavy atom. The molecule has 8 heteroatoms. The molecular formula is C16H11N3O3S2. The first-order chi connectivity index (χ1) is 11.6. The van der Waals surface area contributed by atoms with Gasteiger partial charge in [-0.2, -0.15) is 4.99 Å². The first-order valence-corrected chi connectivity index (χ1v) is 8.59. The first kappa shape index (κ1) is 16.1. The highest BCUT2D eigenvalue weighted by Crippen LogP contribution is 2.23. The molecule has 0 bridgehead atoms. The molecule has 6 nitrogen and oxygen atoms in total. The van der Waals surface area contributed by atoms with Gasteiger partial charge in [-0.15, -0.1) is 17.8 Å². The van der Waals surface area contributed by atoms with Crippen molar-refractivity contribution in [2.75, 3.05) is 0 Å². The van der Waals surface area contributed by atoms with Crippen LogP contribution in [0.4, 0.5) is 5.69 Å². The number of benzene rings is 1. The van der Waals surface area contributed by atoms with E-state index in [4.69, 9.17) is 6.42 Å². The molecule has 0 N–H and O–H groups in total. The number of nitro benzene ring substituents is 1. The zero-order valence-corrected chi connectivity index (χ0v) is 14.0. The van der Waals surface area contributed by atoms with Crippen LogP contribution in [-0.4, -0.2) is 15.4 Å². The third-order valence-corrected chi connectivity index (χ3v) is 5.19. The number of carbonyl (C=O) groups is 1. The van der Waals surface area contributed by atoms with Gasteiger partial charge in [-0.1, -0.05) is 23.3 Å². The highest BCUT2D eigenvalue weighted by Gasteiger charge is 2.12. The van der Waals surface area contributed by atoms with Gasteiger partial charge < -0.3 is 4.57 Å². The maximum atomic E-state index is 12.2. The number of amides is 1. The third kappa shape index (κ3) is 3.27. The number of terminal acetylenes is 1. The SMILES string of the molecule is C#CCn1c(=NC(=O)Cc2cccs2)sc2ccc([N+](=O)[O-])cc21. The second-order valence-electron chi connectivity index (χ2n) is 4.85. The van der Waals surface area contributed by atoms with E-state index in [0.29, 0.717) is 10.3 Å². The Hall–Kier alpha value is -2.76. The normalized spacial score (nSPS) is 11.5. The lowest BCUT2D eigenvalue weighted by Gasteiger charge is -1.99. The van der Waals surface area contributed by atoms with E-state index >= 15 is 0 Å². The van der Waals surface area contributed by atoms with Crippen molar-refractivity contribution in [3.05, 3.63) is 55.5 Å². The number of thiazole rings is 1. The van der Waals surface area contributed by atoms with Crippen molar-refractivity contribution < 1.29 is 9.72 Å². The van der Waals surface area contributed by atoms with Crippen molar-refractivity contribution in [2.45, 2.75) is 13.0 Å². The predicted octanol–water partition coefficient (Wildman–Crippen LogP) is 2.98. The second-order valence-corrected chi connectivity index (χ2v) is 6.89. The molecule has 0 fully saturated rings. The highest BCUT2D eigenvalue weighted by molar-refractivity contribution is 7.16. The molecule has 0 aliphatic heterocycles. The molecule has 2 heterocycles. The minimum absolute atomic E-state index is 0.0254. The van der Waals surface area contributed by atoms with Crippen molar-refractivity contribution >= 4 is 44.5 Å². The highest BCUT2D eigenvalue weighted by atomic mass is 32.1. The summed E-state index contributed by atoms with van der Waals surface area (Å²) < 4.78 is 2.44. The molecule has 0 saturated carbocycles. The van der Waals surface area contributed by atoms with Gasteiger partial charge in [-0.3, -0.25) is 14.9 Å². The number of nitrogens with zero attached hydrogens (tertiary/aromatic N) is 3. The fourth-order valence-corrected chi connectivity index (χ4v) is 3.93. The lowest BCUT2D eigenvalue weighted by atomic mass is 10.3. The van der Waals surface area contributed by atoms with E-state index in [1.165, 1.54) is 34.8 Å². The van der Waals surface area contributed by atoms with Gasteiger partial charge in [0.2, 0.25) is 0 Å². The summed E-state index contributed by atoms with van der Waals surface area (Å²) in [5.41, 5.74) is 0.581. The molecule has 2 aromatic heterocycles. The van der Waals surface area contributed by atoms with Gasteiger partial charge >= 0.3 is 0 Å². The summed E-state index contributed by atoms with van der Waals surface area (Å²) in [4.78, 5) is 28.2. The molecule has 1 amide bonds. The number of fused-ring (bicyclic) bond motifs is 1. The number of carbonyl (C=O) groups excluding carboxylic acids is 1. The van der Waals surface area contributed by atoms with Crippen molar-refractivity contribution in [3.8, 4) is 12.3 Å². The van der Waals surface area contributed by atoms with E-state index in [0.717, 1.165) is 9.58 Å². The number of thiophene rings is 1. The molecule has 120 valence electrons. The minimum Gasteiger partial charge on any atom is -0.304 e. The van der Waals surface area contributed by atoms with E-state index in [1.54, 1.807) is 10.6 Å². The fourth-order valence-electron chi connectivity index (χ4n) is 2.21. The lowest BCUT2D eigenvalue weighted by molar-refractivity contribution is -0.384. The van der Waals surface area contributed by atoms with Crippen molar-refractivity contribution in [2.24, 2.45) is 4.99 Å². The molecule has 24 heavy (non-hydrogen) atoms. The summed E-state index contributed by atoms with van der Waals surface area (Å²) in [6.07, 6.45) is 5.62. The molecule has 0 atom stereocenters. The van der Waals surface area contributed by atoms with E-state index in [9.17, 15) is 14.9 Å². The monoisotopic (exact) mass is 357 g/mol. The standard InChI is InChI=1S/C16H11N3O3S2/c1-2-7-18-13-9-11(19(21)22)5-6-14(13)24-16(18)17-15(20)10-12-4-3-8-23-12/h1,3-6,8-9H,7,10H2. The summed E-state index contributed by atoms with van der Waals surface area (Å²) in [5.74, 6) is 2.23. The van der Waals surface area contributed by atoms with E-state index < -0.39 is 4.92 Å². The Labute approximate surface area is 144 Å². The van der Waals surface area contributed by atoms with Gasteiger partial charge in [0, 0.05) is 17.0 Å². The van der Waals surface area contributed by atoms with Gasteiger partial charge in [0.05, 0.1) is 28.1 Å². The quantitative estimate of drug-likeness (QED) is 0.409. The predicted molar refractivity (Wildman–Crippen MR) is 93.9 cm³/mol. The average Bonchev–Trinajstić information content (AvgIpc) is 3.16. The van der Waals surface area contributed by atoms with Crippen LogP contribution in [0.1, 0.15) is 4.88 Å². The smallest absolute Gasteiger partial charge is 0.271 e. The molecule has 0 aliphatic rings. The van der Waals surface area contributed by atoms with Crippen molar-refractivity contribution in [1.29, 1.82) is 0 Å².